The highest BCUT2D eigenvalue weighted by atomic mass is 16.7. The van der Waals surface area contributed by atoms with Crippen LogP contribution in [0.25, 0.3) is 0 Å². The molecule has 1 aliphatic heterocycles. The molecule has 1 aromatic carbocycles. The van der Waals surface area contributed by atoms with Gasteiger partial charge in [-0.2, -0.15) is 0 Å². The van der Waals surface area contributed by atoms with E-state index in [4.69, 9.17) is 14.2 Å². The number of rotatable bonds is 5. The molecule has 0 radical (unpaired) electrons. The van der Waals surface area contributed by atoms with Crippen LogP contribution < -0.4 is 19.5 Å². The van der Waals surface area contributed by atoms with Gasteiger partial charge in [0.15, 0.2) is 11.5 Å². The van der Waals surface area contributed by atoms with Gasteiger partial charge in [0.2, 0.25) is 12.5 Å². The summed E-state index contributed by atoms with van der Waals surface area (Å²) < 4.78 is 20.4. The maximum Gasteiger partial charge on any atom is 0.319 e. The molecule has 6 heteroatoms. The summed E-state index contributed by atoms with van der Waals surface area (Å²) in [5.74, 6) is 1.60. The minimum absolute atomic E-state index is 0.160. The summed E-state index contributed by atoms with van der Waals surface area (Å²) in [6, 6.07) is 3.70. The van der Waals surface area contributed by atoms with Gasteiger partial charge >= 0.3 is 5.97 Å². The zero-order chi connectivity index (χ0) is 13.0. The van der Waals surface area contributed by atoms with E-state index in [0.717, 1.165) is 5.56 Å². The van der Waals surface area contributed by atoms with Crippen LogP contribution in [0.5, 0.6) is 17.2 Å². The maximum atomic E-state index is 11.0. The van der Waals surface area contributed by atoms with Crippen LogP contribution in [0.1, 0.15) is 5.56 Å². The lowest BCUT2D eigenvalue weighted by Gasteiger charge is -2.08. The first-order valence-electron chi connectivity index (χ1n) is 5.48. The Morgan fingerprint density at radius 3 is 2.94 bits per heavy atom. The molecule has 0 spiro atoms. The molecule has 0 fully saturated rings. The fourth-order valence-electron chi connectivity index (χ4n) is 1.67. The molecule has 0 bridgehead atoms. The SMILES string of the molecule is COC(=O)CNCc1cc(OC)c2c(c1)OCO2. The average molecular weight is 253 g/mol. The van der Waals surface area contributed by atoms with Crippen molar-refractivity contribution in [3.8, 4) is 17.2 Å². The van der Waals surface area contributed by atoms with Crippen molar-refractivity contribution in [1.82, 2.24) is 5.32 Å². The van der Waals surface area contributed by atoms with Crippen molar-refractivity contribution in [2.45, 2.75) is 6.54 Å². The molecule has 98 valence electrons. The van der Waals surface area contributed by atoms with Gasteiger partial charge in [0.05, 0.1) is 20.8 Å². The van der Waals surface area contributed by atoms with Gasteiger partial charge in [-0.1, -0.05) is 0 Å². The molecule has 0 aromatic heterocycles. The van der Waals surface area contributed by atoms with E-state index in [-0.39, 0.29) is 19.3 Å². The fourth-order valence-corrected chi connectivity index (χ4v) is 1.67. The van der Waals surface area contributed by atoms with E-state index in [1.807, 2.05) is 12.1 Å². The minimum Gasteiger partial charge on any atom is -0.493 e. The van der Waals surface area contributed by atoms with Gasteiger partial charge in [-0.15, -0.1) is 0 Å². The number of nitrogens with one attached hydrogen (secondary N) is 1. The molecule has 0 amide bonds. The monoisotopic (exact) mass is 253 g/mol. The number of methoxy groups -OCH3 is 2. The number of fused-ring (bicyclic) bond motifs is 1. The highest BCUT2D eigenvalue weighted by Gasteiger charge is 2.19. The van der Waals surface area contributed by atoms with E-state index in [1.165, 1.54) is 7.11 Å². The zero-order valence-corrected chi connectivity index (χ0v) is 10.3. The molecule has 0 saturated heterocycles. The smallest absolute Gasteiger partial charge is 0.319 e. The van der Waals surface area contributed by atoms with Crippen molar-refractivity contribution in [3.05, 3.63) is 17.7 Å². The Hall–Kier alpha value is -1.95. The van der Waals surface area contributed by atoms with Crippen molar-refractivity contribution in [2.75, 3.05) is 27.6 Å². The third-order valence-corrected chi connectivity index (χ3v) is 2.54. The van der Waals surface area contributed by atoms with Gasteiger partial charge in [0.25, 0.3) is 0 Å². The highest BCUT2D eigenvalue weighted by molar-refractivity contribution is 5.71. The Balaban J connectivity index is 2.03. The Morgan fingerprint density at radius 1 is 1.39 bits per heavy atom. The zero-order valence-electron chi connectivity index (χ0n) is 10.3. The van der Waals surface area contributed by atoms with Crippen LogP contribution in [0.4, 0.5) is 0 Å². The summed E-state index contributed by atoms with van der Waals surface area (Å²) in [5.41, 5.74) is 0.944. The van der Waals surface area contributed by atoms with Gasteiger partial charge in [0.1, 0.15) is 0 Å². The molecule has 0 atom stereocenters. The summed E-state index contributed by atoms with van der Waals surface area (Å²) in [4.78, 5) is 11.0. The largest absolute Gasteiger partial charge is 0.493 e. The molecule has 1 heterocycles. The van der Waals surface area contributed by atoms with Crippen LogP contribution in [0, 0.1) is 0 Å². The molecule has 18 heavy (non-hydrogen) atoms. The summed E-state index contributed by atoms with van der Waals surface area (Å²) in [7, 11) is 2.93. The van der Waals surface area contributed by atoms with Gasteiger partial charge in [0, 0.05) is 6.54 Å². The third kappa shape index (κ3) is 2.65. The van der Waals surface area contributed by atoms with Crippen LogP contribution in [0.3, 0.4) is 0 Å². The van der Waals surface area contributed by atoms with E-state index in [0.29, 0.717) is 23.8 Å². The molecular weight excluding hydrogens is 238 g/mol. The molecule has 0 unspecified atom stereocenters. The van der Waals surface area contributed by atoms with Crippen LogP contribution in [0.2, 0.25) is 0 Å². The van der Waals surface area contributed by atoms with E-state index >= 15 is 0 Å². The number of carbonyl (C=O) groups excluding carboxylic acids is 1. The Kier molecular flexibility index (Phi) is 3.88. The molecule has 2 rings (SSSR count). The van der Waals surface area contributed by atoms with Crippen molar-refractivity contribution in [1.29, 1.82) is 0 Å². The number of benzene rings is 1. The first-order chi connectivity index (χ1) is 8.74. The minimum atomic E-state index is -0.303. The van der Waals surface area contributed by atoms with Crippen LogP contribution >= 0.6 is 0 Å². The third-order valence-electron chi connectivity index (χ3n) is 2.54. The molecule has 0 saturated carbocycles. The van der Waals surface area contributed by atoms with Crippen LogP contribution in [-0.4, -0.2) is 33.5 Å². The Bertz CT molecular complexity index is 446. The number of ether oxygens (including phenoxy) is 4. The second kappa shape index (κ2) is 5.59. The standard InChI is InChI=1S/C12H15NO5/c1-15-9-3-8(5-13-6-11(14)16-2)4-10-12(9)18-7-17-10/h3-4,13H,5-7H2,1-2H3. The summed E-state index contributed by atoms with van der Waals surface area (Å²) in [6.45, 7) is 0.875. The first kappa shape index (κ1) is 12.5. The second-order valence-corrected chi connectivity index (χ2v) is 3.71. The molecule has 0 aliphatic carbocycles. The average Bonchev–Trinajstić information content (AvgIpc) is 2.85. The van der Waals surface area contributed by atoms with Crippen molar-refractivity contribution >= 4 is 5.97 Å². The lowest BCUT2D eigenvalue weighted by atomic mass is 10.2. The number of hydrogen-bond acceptors (Lipinski definition) is 6. The van der Waals surface area contributed by atoms with Gasteiger partial charge in [-0.3, -0.25) is 4.79 Å². The molecule has 1 N–H and O–H groups in total. The van der Waals surface area contributed by atoms with E-state index < -0.39 is 0 Å². The normalized spacial score (nSPS) is 12.3. The lowest BCUT2D eigenvalue weighted by molar-refractivity contribution is -0.139. The summed E-state index contributed by atoms with van der Waals surface area (Å²) >= 11 is 0. The van der Waals surface area contributed by atoms with Gasteiger partial charge in [-0.25, -0.2) is 0 Å². The van der Waals surface area contributed by atoms with Gasteiger partial charge < -0.3 is 24.3 Å². The van der Waals surface area contributed by atoms with Gasteiger partial charge in [-0.05, 0) is 17.7 Å². The Labute approximate surface area is 105 Å². The van der Waals surface area contributed by atoms with E-state index in [1.54, 1.807) is 7.11 Å². The second-order valence-electron chi connectivity index (χ2n) is 3.71. The Morgan fingerprint density at radius 2 is 2.22 bits per heavy atom. The topological polar surface area (TPSA) is 66.0 Å². The summed E-state index contributed by atoms with van der Waals surface area (Å²) in [6.07, 6.45) is 0. The lowest BCUT2D eigenvalue weighted by Crippen LogP contribution is -2.23. The summed E-state index contributed by atoms with van der Waals surface area (Å²) in [5, 5.41) is 2.97. The van der Waals surface area contributed by atoms with Crippen molar-refractivity contribution < 1.29 is 23.7 Å². The molecule has 1 aliphatic rings. The van der Waals surface area contributed by atoms with Crippen LogP contribution in [0.15, 0.2) is 12.1 Å². The number of esters is 1. The fraction of sp³-hybridized carbons (Fsp3) is 0.417. The highest BCUT2D eigenvalue weighted by Crippen LogP contribution is 2.41. The quantitative estimate of drug-likeness (QED) is 0.779. The first-order valence-corrected chi connectivity index (χ1v) is 5.48. The molecule has 1 aromatic rings. The van der Waals surface area contributed by atoms with Crippen molar-refractivity contribution in [3.63, 3.8) is 0 Å². The van der Waals surface area contributed by atoms with Crippen molar-refractivity contribution in [2.24, 2.45) is 0 Å². The molecular formula is C12H15NO5. The maximum absolute atomic E-state index is 11.0. The van der Waals surface area contributed by atoms with E-state index in [9.17, 15) is 4.79 Å². The van der Waals surface area contributed by atoms with Crippen LogP contribution in [-0.2, 0) is 16.1 Å². The number of carbonyl (C=O) groups is 1. The molecule has 6 nitrogen and oxygen atoms in total. The predicted molar refractivity (Wildman–Crippen MR) is 62.8 cm³/mol. The predicted octanol–water partition coefficient (Wildman–Crippen LogP) is 0.686. The van der Waals surface area contributed by atoms with E-state index in [2.05, 4.69) is 10.1 Å². The number of hydrogen-bond donors (Lipinski definition) is 1.